The van der Waals surface area contributed by atoms with Crippen molar-refractivity contribution in [3.63, 3.8) is 0 Å². The predicted octanol–water partition coefficient (Wildman–Crippen LogP) is 2.49. The molecule has 1 aliphatic heterocycles. The van der Waals surface area contributed by atoms with Crippen LogP contribution in [0.3, 0.4) is 0 Å². The number of nitrogens with zero attached hydrogens (tertiary/aromatic N) is 1. The fourth-order valence-corrected chi connectivity index (χ4v) is 2.60. The first kappa shape index (κ1) is 18.4. The lowest BCUT2D eigenvalue weighted by Crippen LogP contribution is -2.51. The highest BCUT2D eigenvalue weighted by molar-refractivity contribution is 6.20. The molecule has 0 aromatic carbocycles. The van der Waals surface area contributed by atoms with Crippen LogP contribution in [0, 0.1) is 10.8 Å². The van der Waals surface area contributed by atoms with E-state index in [1.165, 1.54) is 18.2 Å². The number of guanidine groups is 2. The molecule has 0 spiro atoms. The Morgan fingerprint density at radius 3 is 2.50 bits per heavy atom. The third-order valence-corrected chi connectivity index (χ3v) is 4.05. The summed E-state index contributed by atoms with van der Waals surface area (Å²) in [7, 11) is 0. The van der Waals surface area contributed by atoms with Crippen molar-refractivity contribution in [1.29, 1.82) is 10.8 Å². The molecule has 1 unspecified atom stereocenters. The van der Waals surface area contributed by atoms with Crippen molar-refractivity contribution in [2.24, 2.45) is 0 Å². The van der Waals surface area contributed by atoms with Crippen LogP contribution in [0.5, 0.6) is 0 Å². The van der Waals surface area contributed by atoms with Gasteiger partial charge >= 0.3 is 6.36 Å². The van der Waals surface area contributed by atoms with Gasteiger partial charge in [-0.05, 0) is 31.4 Å². The van der Waals surface area contributed by atoms with Gasteiger partial charge in [0.1, 0.15) is 5.76 Å². The number of likely N-dealkylation sites (tertiary alicyclic amines) is 1. The third-order valence-electron chi connectivity index (χ3n) is 3.61. The van der Waals surface area contributed by atoms with E-state index in [1.807, 2.05) is 0 Å². The summed E-state index contributed by atoms with van der Waals surface area (Å²) in [5.74, 6) is -0.250. The van der Waals surface area contributed by atoms with E-state index in [0.29, 0.717) is 13.1 Å². The Morgan fingerprint density at radius 1 is 1.29 bits per heavy atom. The van der Waals surface area contributed by atoms with Crippen LogP contribution in [-0.4, -0.2) is 47.7 Å². The van der Waals surface area contributed by atoms with E-state index < -0.39 is 6.36 Å². The molecule has 0 aromatic rings. The van der Waals surface area contributed by atoms with Crippen molar-refractivity contribution >= 4 is 23.5 Å². The van der Waals surface area contributed by atoms with Crippen molar-refractivity contribution in [3.05, 3.63) is 24.0 Å². The van der Waals surface area contributed by atoms with E-state index in [-0.39, 0.29) is 35.5 Å². The second-order valence-electron chi connectivity index (χ2n) is 5.51. The van der Waals surface area contributed by atoms with Crippen LogP contribution in [0.2, 0.25) is 0 Å². The molecule has 1 aliphatic carbocycles. The Bertz CT molecular complexity index is 541. The molecule has 2 aliphatic rings. The number of nitrogens with one attached hydrogen (secondary N) is 4. The topological polar surface area (TPSA) is 84.2 Å². The molecule has 0 saturated carbocycles. The number of halogens is 4. The van der Waals surface area contributed by atoms with Gasteiger partial charge in [0, 0.05) is 18.5 Å². The van der Waals surface area contributed by atoms with E-state index in [9.17, 15) is 13.2 Å². The normalized spacial score (nSPS) is 21.9. The molecule has 2 rings (SSSR count). The molecule has 0 bridgehead atoms. The molecule has 10 heteroatoms. The summed E-state index contributed by atoms with van der Waals surface area (Å²) in [6.45, 7) is 1.30. The predicted molar refractivity (Wildman–Crippen MR) is 84.9 cm³/mol. The molecule has 134 valence electrons. The average Bonchev–Trinajstić information content (AvgIpc) is 2.48. The lowest BCUT2D eigenvalue weighted by Gasteiger charge is -2.31. The second-order valence-corrected chi connectivity index (χ2v) is 6.13. The first-order valence-electron chi connectivity index (χ1n) is 7.47. The van der Waals surface area contributed by atoms with Crippen LogP contribution < -0.4 is 10.6 Å². The molecule has 0 amide bonds. The smallest absolute Gasteiger partial charge is 0.406 e. The molecule has 1 heterocycles. The molecule has 4 N–H and O–H groups in total. The van der Waals surface area contributed by atoms with E-state index in [2.05, 4.69) is 15.4 Å². The van der Waals surface area contributed by atoms with Crippen molar-refractivity contribution < 1.29 is 17.9 Å². The van der Waals surface area contributed by atoms with E-state index in [0.717, 1.165) is 12.8 Å². The summed E-state index contributed by atoms with van der Waals surface area (Å²) in [5, 5.41) is 21.3. The third kappa shape index (κ3) is 5.95. The van der Waals surface area contributed by atoms with Gasteiger partial charge in [0.15, 0.2) is 11.9 Å². The number of hydrogen-bond acceptors (Lipinski definition) is 3. The molecule has 1 atom stereocenters. The lowest BCUT2D eigenvalue weighted by molar-refractivity contribution is -0.303. The summed E-state index contributed by atoms with van der Waals surface area (Å²) in [4.78, 5) is 1.79. The molecule has 1 saturated heterocycles. The van der Waals surface area contributed by atoms with Crippen LogP contribution in [-0.2, 0) is 4.74 Å². The Balaban J connectivity index is 1.74. The molecule has 0 radical (unpaired) electrons. The number of piperidine rings is 1. The molecule has 6 nitrogen and oxygen atoms in total. The van der Waals surface area contributed by atoms with Crippen LogP contribution in [0.1, 0.15) is 19.3 Å². The Labute approximate surface area is 142 Å². The average molecular weight is 366 g/mol. The van der Waals surface area contributed by atoms with Crippen molar-refractivity contribution in [1.82, 2.24) is 15.5 Å². The Hall–Kier alpha value is -1.90. The van der Waals surface area contributed by atoms with E-state index in [4.69, 9.17) is 22.4 Å². The maximum Gasteiger partial charge on any atom is 0.573 e. The number of allylic oxidation sites excluding steroid dienone is 1. The molecular weight excluding hydrogens is 347 g/mol. The summed E-state index contributed by atoms with van der Waals surface area (Å²) in [6.07, 6.45) is 1.09. The summed E-state index contributed by atoms with van der Waals surface area (Å²) >= 11 is 6.01. The van der Waals surface area contributed by atoms with Crippen molar-refractivity contribution in [2.45, 2.75) is 37.0 Å². The summed E-state index contributed by atoms with van der Waals surface area (Å²) < 4.78 is 40.1. The zero-order valence-electron chi connectivity index (χ0n) is 12.8. The number of hydrogen-bond donors (Lipinski definition) is 4. The zero-order valence-corrected chi connectivity index (χ0v) is 13.5. The molecule has 24 heavy (non-hydrogen) atoms. The van der Waals surface area contributed by atoms with Crippen LogP contribution in [0.25, 0.3) is 0 Å². The maximum absolute atomic E-state index is 12.1. The van der Waals surface area contributed by atoms with Crippen LogP contribution >= 0.6 is 11.6 Å². The first-order chi connectivity index (χ1) is 11.2. The van der Waals surface area contributed by atoms with Gasteiger partial charge in [-0.3, -0.25) is 16.1 Å². The van der Waals surface area contributed by atoms with Gasteiger partial charge in [-0.2, -0.15) is 0 Å². The minimum Gasteiger partial charge on any atom is -0.406 e. The van der Waals surface area contributed by atoms with Gasteiger partial charge in [-0.25, -0.2) is 0 Å². The Kier molecular flexibility index (Phi) is 5.98. The quantitative estimate of drug-likeness (QED) is 0.344. The number of ether oxygens (including phenoxy) is 1. The van der Waals surface area contributed by atoms with Gasteiger partial charge in [0.05, 0.1) is 6.04 Å². The second kappa shape index (κ2) is 7.78. The first-order valence-corrected chi connectivity index (χ1v) is 7.90. The van der Waals surface area contributed by atoms with E-state index in [1.54, 1.807) is 4.90 Å². The highest BCUT2D eigenvalue weighted by Gasteiger charge is 2.32. The molecule has 1 fully saturated rings. The lowest BCUT2D eigenvalue weighted by atomic mass is 10.1. The number of rotatable bonds is 2. The zero-order chi connectivity index (χ0) is 17.7. The Morgan fingerprint density at radius 2 is 1.96 bits per heavy atom. The highest BCUT2D eigenvalue weighted by atomic mass is 35.5. The van der Waals surface area contributed by atoms with Gasteiger partial charge in [-0.1, -0.05) is 6.08 Å². The highest BCUT2D eigenvalue weighted by Crippen LogP contribution is 2.23. The minimum atomic E-state index is -4.71. The monoisotopic (exact) mass is 365 g/mol. The minimum absolute atomic E-state index is 0.0868. The largest absolute Gasteiger partial charge is 0.573 e. The summed E-state index contributed by atoms with van der Waals surface area (Å²) in [5.41, 5.74) is 0. The van der Waals surface area contributed by atoms with Crippen molar-refractivity contribution in [3.8, 4) is 0 Å². The number of alkyl halides is 4. The maximum atomic E-state index is 12.1. The SMILES string of the molecule is N=C(NC(=N)N1CCC(Cl)CC1)NC1C=CC(OC(F)(F)F)=CC1. The molecule has 0 aromatic heterocycles. The van der Waals surface area contributed by atoms with Crippen LogP contribution in [0.15, 0.2) is 24.0 Å². The standard InChI is InChI=1S/C14H19ClF3N5O/c15-9-5-7-23(8-6-9)13(20)22-12(19)21-10-1-3-11(4-2-10)24-14(16,17)18/h1,3-4,9-10H,2,5-8H2,(H4,19,20,21,22). The van der Waals surface area contributed by atoms with Gasteiger partial charge in [-0.15, -0.1) is 24.8 Å². The molecular formula is C14H19ClF3N5O. The van der Waals surface area contributed by atoms with Gasteiger partial charge < -0.3 is 15.0 Å². The van der Waals surface area contributed by atoms with Gasteiger partial charge in [0.25, 0.3) is 0 Å². The van der Waals surface area contributed by atoms with Crippen LogP contribution in [0.4, 0.5) is 13.2 Å². The summed E-state index contributed by atoms with van der Waals surface area (Å²) in [6, 6.07) is -0.341. The fraction of sp³-hybridized carbons (Fsp3) is 0.571. The van der Waals surface area contributed by atoms with E-state index >= 15 is 0 Å². The van der Waals surface area contributed by atoms with Gasteiger partial charge in [0.2, 0.25) is 0 Å². The van der Waals surface area contributed by atoms with Crippen molar-refractivity contribution in [2.75, 3.05) is 13.1 Å². The fourth-order valence-electron chi connectivity index (χ4n) is 2.41.